The smallest absolute Gasteiger partial charge is 0.158 e. The average molecular weight is 545 g/mol. The zero-order valence-corrected chi connectivity index (χ0v) is 22.3. The largest absolute Gasteiger partial charge is 0.377 e. The molecule has 6 bridgehead atoms. The van der Waals surface area contributed by atoms with Crippen molar-refractivity contribution in [3.05, 3.63) is 106 Å². The van der Waals surface area contributed by atoms with Crippen LogP contribution in [0.5, 0.6) is 0 Å². The molecule has 3 aromatic rings. The predicted octanol–water partition coefficient (Wildman–Crippen LogP) is 3.98. The van der Waals surface area contributed by atoms with Gasteiger partial charge in [0.25, 0.3) is 0 Å². The van der Waals surface area contributed by atoms with Crippen LogP contribution in [0, 0.1) is 0 Å². The van der Waals surface area contributed by atoms with E-state index in [1.54, 1.807) is 48.5 Å². The number of sulfone groups is 2. The van der Waals surface area contributed by atoms with E-state index in [4.69, 9.17) is 14.2 Å². The van der Waals surface area contributed by atoms with Gasteiger partial charge in [0, 0.05) is 0 Å². The second-order valence-electron chi connectivity index (χ2n) is 9.23. The molecular formula is C28H32O7S2. The summed E-state index contributed by atoms with van der Waals surface area (Å²) in [7, 11) is -6.79. The quantitative estimate of drug-likeness (QED) is 0.422. The third-order valence-corrected chi connectivity index (χ3v) is 8.99. The van der Waals surface area contributed by atoms with Crippen molar-refractivity contribution in [3.8, 4) is 0 Å². The molecule has 0 spiro atoms. The predicted molar refractivity (Wildman–Crippen MR) is 142 cm³/mol. The number of benzene rings is 3. The van der Waals surface area contributed by atoms with Crippen LogP contribution in [0.15, 0.2) is 72.8 Å². The Morgan fingerprint density at radius 1 is 0.378 bits per heavy atom. The minimum Gasteiger partial charge on any atom is -0.377 e. The molecule has 7 nitrogen and oxygen atoms in total. The molecule has 0 aromatic heterocycles. The van der Waals surface area contributed by atoms with Crippen LogP contribution in [-0.2, 0) is 70.1 Å². The summed E-state index contributed by atoms with van der Waals surface area (Å²) in [5.74, 6) is -0.361. The van der Waals surface area contributed by atoms with Crippen molar-refractivity contribution >= 4 is 19.7 Å². The Balaban J connectivity index is 1.46. The van der Waals surface area contributed by atoms with Crippen molar-refractivity contribution < 1.29 is 31.0 Å². The maximum absolute atomic E-state index is 12.8. The first-order valence-corrected chi connectivity index (χ1v) is 15.8. The van der Waals surface area contributed by atoms with Gasteiger partial charge >= 0.3 is 0 Å². The monoisotopic (exact) mass is 544 g/mol. The minimum atomic E-state index is -3.39. The molecule has 0 fully saturated rings. The molecular weight excluding hydrogens is 512 g/mol. The Morgan fingerprint density at radius 2 is 0.622 bits per heavy atom. The van der Waals surface area contributed by atoms with Crippen LogP contribution in [0.4, 0.5) is 0 Å². The summed E-state index contributed by atoms with van der Waals surface area (Å²) in [6.07, 6.45) is 0. The van der Waals surface area contributed by atoms with Crippen LogP contribution in [0.1, 0.15) is 33.4 Å². The minimum absolute atomic E-state index is 0.0705. The maximum atomic E-state index is 12.8. The van der Waals surface area contributed by atoms with E-state index in [-0.39, 0.29) is 23.0 Å². The van der Waals surface area contributed by atoms with E-state index in [0.717, 1.165) is 11.1 Å². The normalized spacial score (nSPS) is 19.4. The summed E-state index contributed by atoms with van der Waals surface area (Å²) < 4.78 is 67.8. The fraction of sp³-hybridized carbons (Fsp3) is 0.357. The Morgan fingerprint density at radius 3 is 0.919 bits per heavy atom. The molecule has 198 valence electrons. The molecule has 0 N–H and O–H groups in total. The van der Waals surface area contributed by atoms with E-state index >= 15 is 0 Å². The lowest BCUT2D eigenvalue weighted by molar-refractivity contribution is 0.00704. The molecule has 37 heavy (non-hydrogen) atoms. The lowest BCUT2D eigenvalue weighted by Gasteiger charge is -2.09. The summed E-state index contributed by atoms with van der Waals surface area (Å²) in [5, 5.41) is 0. The van der Waals surface area contributed by atoms with Crippen molar-refractivity contribution in [2.24, 2.45) is 0 Å². The number of hydrogen-bond acceptors (Lipinski definition) is 7. The van der Waals surface area contributed by atoms with Crippen LogP contribution >= 0.6 is 0 Å². The molecule has 5 heterocycles. The lowest BCUT2D eigenvalue weighted by Crippen LogP contribution is -2.09. The first-order valence-electron chi connectivity index (χ1n) is 12.1. The van der Waals surface area contributed by atoms with E-state index < -0.39 is 19.7 Å². The standard InChI is InChI=1S/C28H32O7S2/c29-36(30)19-25-5-1-23(2-6-25)17-34-15-13-33-14-16-35-18-24-3-7-26(8-4-24)20-37(31,32)22-28-11-9-27(21-36)10-12-28/h1-12H,13-22H2. The van der Waals surface area contributed by atoms with Gasteiger partial charge in [-0.05, 0) is 33.4 Å². The van der Waals surface area contributed by atoms with Crippen LogP contribution < -0.4 is 0 Å². The molecule has 0 saturated carbocycles. The molecule has 0 unspecified atom stereocenters. The lowest BCUT2D eigenvalue weighted by atomic mass is 10.2. The van der Waals surface area contributed by atoms with Gasteiger partial charge in [0.2, 0.25) is 0 Å². The van der Waals surface area contributed by atoms with E-state index in [0.29, 0.717) is 61.9 Å². The average Bonchev–Trinajstić information content (AvgIpc) is 2.85. The molecule has 0 aliphatic carbocycles. The van der Waals surface area contributed by atoms with Gasteiger partial charge in [-0.15, -0.1) is 0 Å². The molecule has 5 aliphatic heterocycles. The Hall–Kier alpha value is -2.56. The fourth-order valence-corrected chi connectivity index (χ4v) is 7.04. The molecule has 8 rings (SSSR count). The van der Waals surface area contributed by atoms with Crippen LogP contribution in [-0.4, -0.2) is 43.3 Å². The second-order valence-corrected chi connectivity index (χ2v) is 13.4. The molecule has 0 radical (unpaired) electrons. The van der Waals surface area contributed by atoms with E-state index in [1.807, 2.05) is 24.3 Å². The summed E-state index contributed by atoms with van der Waals surface area (Å²) in [6, 6.07) is 21.4. The highest BCUT2D eigenvalue weighted by atomic mass is 32.2. The van der Waals surface area contributed by atoms with Gasteiger partial charge in [-0.2, -0.15) is 0 Å². The molecule has 3 aromatic carbocycles. The maximum Gasteiger partial charge on any atom is 0.158 e. The number of fused-ring (bicyclic) bond motifs is 1. The van der Waals surface area contributed by atoms with E-state index in [2.05, 4.69) is 0 Å². The highest BCUT2D eigenvalue weighted by Gasteiger charge is 2.16. The zero-order chi connectivity index (χ0) is 26.1. The molecule has 9 heteroatoms. The zero-order valence-electron chi connectivity index (χ0n) is 20.7. The van der Waals surface area contributed by atoms with Gasteiger partial charge in [-0.25, -0.2) is 16.8 Å². The SMILES string of the molecule is O=S1(=O)Cc2ccc(cc2)COCCOCCOCc2ccc(cc2)CS(=O)(=O)Cc2ccc(cc2)C1. The summed E-state index contributed by atoms with van der Waals surface area (Å²) >= 11 is 0. The third-order valence-electron chi connectivity index (χ3n) is 5.90. The van der Waals surface area contributed by atoms with Crippen molar-refractivity contribution in [1.29, 1.82) is 0 Å². The summed E-state index contributed by atoms with van der Waals surface area (Å²) in [5.41, 5.74) is 4.59. The highest BCUT2D eigenvalue weighted by Crippen LogP contribution is 2.18. The van der Waals surface area contributed by atoms with Gasteiger partial charge < -0.3 is 14.2 Å². The Labute approximate surface area is 219 Å². The van der Waals surface area contributed by atoms with Gasteiger partial charge in [-0.1, -0.05) is 72.8 Å². The summed E-state index contributed by atoms with van der Waals surface area (Å²) in [6.45, 7) is 2.63. The van der Waals surface area contributed by atoms with Gasteiger partial charge in [0.15, 0.2) is 19.7 Å². The first-order chi connectivity index (χ1) is 17.8. The Bertz CT molecular complexity index is 1240. The topological polar surface area (TPSA) is 96.0 Å². The third kappa shape index (κ3) is 9.36. The first kappa shape index (κ1) is 27.5. The molecule has 5 aliphatic rings. The van der Waals surface area contributed by atoms with Gasteiger partial charge in [0.05, 0.1) is 62.7 Å². The highest BCUT2D eigenvalue weighted by molar-refractivity contribution is 7.90. The Kier molecular flexibility index (Phi) is 9.50. The van der Waals surface area contributed by atoms with E-state index in [1.165, 1.54) is 0 Å². The second kappa shape index (κ2) is 12.8. The molecule has 0 amide bonds. The van der Waals surface area contributed by atoms with Crippen LogP contribution in [0.3, 0.4) is 0 Å². The summed E-state index contributed by atoms with van der Waals surface area (Å²) in [4.78, 5) is 0. The molecule has 0 atom stereocenters. The number of hydrogen-bond donors (Lipinski definition) is 0. The van der Waals surface area contributed by atoms with Crippen molar-refractivity contribution in [2.45, 2.75) is 36.2 Å². The molecule has 0 saturated heterocycles. The van der Waals surface area contributed by atoms with Crippen molar-refractivity contribution in [1.82, 2.24) is 0 Å². The van der Waals surface area contributed by atoms with Crippen molar-refractivity contribution in [2.75, 3.05) is 26.4 Å². The van der Waals surface area contributed by atoms with Crippen LogP contribution in [0.2, 0.25) is 0 Å². The number of rotatable bonds is 0. The van der Waals surface area contributed by atoms with Gasteiger partial charge in [-0.3, -0.25) is 0 Å². The van der Waals surface area contributed by atoms with Gasteiger partial charge in [0.1, 0.15) is 0 Å². The van der Waals surface area contributed by atoms with E-state index in [9.17, 15) is 16.8 Å². The van der Waals surface area contributed by atoms with Crippen LogP contribution in [0.25, 0.3) is 0 Å². The number of ether oxygens (including phenoxy) is 3. The fourth-order valence-electron chi connectivity index (χ4n) is 4.03. The van der Waals surface area contributed by atoms with Crippen molar-refractivity contribution in [3.63, 3.8) is 0 Å².